The quantitative estimate of drug-likeness (QED) is 0.0200. The van der Waals surface area contributed by atoms with Crippen molar-refractivity contribution in [3.8, 4) is 51.7 Å². The summed E-state index contributed by atoms with van der Waals surface area (Å²) in [6, 6.07) is 33.2. The zero-order valence-corrected chi connectivity index (χ0v) is 39.3. The summed E-state index contributed by atoms with van der Waals surface area (Å²) in [6.07, 6.45) is 0.403. The van der Waals surface area contributed by atoms with Crippen LogP contribution < -0.4 is 36.3 Å². The molecule has 0 saturated heterocycles. The number of carbonyl (C=O) groups is 4. The largest absolute Gasteiger partial charge is 0.508 e. The number of phenolic OH excluding ortho intramolecular Hbond substituents is 6. The predicted octanol–water partition coefficient (Wildman–Crippen LogP) is 5.91. The van der Waals surface area contributed by atoms with Gasteiger partial charge in [-0.05, 0) is 110 Å². The van der Waals surface area contributed by atoms with Crippen molar-refractivity contribution >= 4 is 34.9 Å². The lowest BCUT2D eigenvalue weighted by Crippen LogP contribution is -2.31. The first-order valence-electron chi connectivity index (χ1n) is 21.0. The molecule has 6 aromatic carbocycles. The fraction of sp³-hybridized carbons (Fsp3) is 0.176. The second kappa shape index (κ2) is 28.2. The van der Waals surface area contributed by atoms with Gasteiger partial charge in [-0.15, -0.1) is 0 Å². The molecule has 0 bridgehead atoms. The van der Waals surface area contributed by atoms with E-state index in [1.54, 1.807) is 80.6 Å². The Labute approximate surface area is 404 Å². The number of nitrogens with zero attached hydrogens (tertiary/aromatic N) is 2. The van der Waals surface area contributed by atoms with E-state index in [1.807, 2.05) is 5.43 Å². The Bertz CT molecular complexity index is 2670. The molecule has 70 heavy (non-hydrogen) atoms. The van der Waals surface area contributed by atoms with E-state index in [0.717, 1.165) is 5.56 Å². The van der Waals surface area contributed by atoms with Gasteiger partial charge >= 0.3 is 0 Å². The maximum atomic E-state index is 11.9. The molecular formula is C51H56N6O13. The molecule has 0 atom stereocenters. The van der Waals surface area contributed by atoms with Crippen LogP contribution in [0.4, 0.5) is 0 Å². The number of hydrazone groups is 2. The van der Waals surface area contributed by atoms with Gasteiger partial charge in [0.25, 0.3) is 0 Å². The van der Waals surface area contributed by atoms with Crippen LogP contribution in [0.3, 0.4) is 0 Å². The number of aromatic hydroxyl groups is 6. The minimum atomic E-state index is -0.298. The lowest BCUT2D eigenvalue weighted by atomic mass is 10.1. The van der Waals surface area contributed by atoms with E-state index in [9.17, 15) is 39.6 Å². The molecule has 0 fully saturated rings. The number of amides is 3. The molecule has 0 aliphatic carbocycles. The Morgan fingerprint density at radius 2 is 0.743 bits per heavy atom. The Kier molecular flexibility index (Phi) is 22.2. The summed E-state index contributed by atoms with van der Waals surface area (Å²) in [6.45, 7) is 4.90. The Morgan fingerprint density at radius 3 is 1.04 bits per heavy atom. The number of hydrogen-bond acceptors (Lipinski definition) is 16. The number of hydrazine groups is 1. The summed E-state index contributed by atoms with van der Waals surface area (Å²) < 4.78 is 15.3. The van der Waals surface area contributed by atoms with Crippen molar-refractivity contribution in [3.05, 3.63) is 161 Å². The van der Waals surface area contributed by atoms with E-state index < -0.39 is 0 Å². The number of nitrogens with one attached hydrogen (secondary N) is 3. The lowest BCUT2D eigenvalue weighted by Gasteiger charge is -2.09. The van der Waals surface area contributed by atoms with Crippen LogP contribution in [0.5, 0.6) is 51.7 Å². The first-order chi connectivity index (χ1) is 33.3. The third-order valence-electron chi connectivity index (χ3n) is 9.40. The van der Waals surface area contributed by atoms with Gasteiger partial charge in [0.15, 0.2) is 5.78 Å². The van der Waals surface area contributed by atoms with Crippen molar-refractivity contribution in [1.29, 1.82) is 0 Å². The minimum Gasteiger partial charge on any atom is -0.508 e. The van der Waals surface area contributed by atoms with Gasteiger partial charge < -0.3 is 44.8 Å². The number of phenols is 6. The van der Waals surface area contributed by atoms with Gasteiger partial charge in [0.1, 0.15) is 51.7 Å². The van der Waals surface area contributed by atoms with Crippen molar-refractivity contribution in [1.82, 2.24) is 16.3 Å². The van der Waals surface area contributed by atoms with Crippen molar-refractivity contribution < 1.29 is 64.0 Å². The SMILES string of the molecule is COc1cc(O)ccc1/C(C)=N/NC(=O)Cc1cccc(O)c1.COc1cc(O)ccc1/C(C)=N\NC(=O)Cc1cccc(O)c1.COc1cc(O)ccc1C(C)=O.NNC(=O)Cc1cccc(O)c1. The summed E-state index contributed by atoms with van der Waals surface area (Å²) >= 11 is 0. The van der Waals surface area contributed by atoms with Gasteiger partial charge in [0.05, 0.1) is 57.6 Å². The standard InChI is InChI=1S/2C17H18N2O4.C9H10O3.C8H10N2O2/c2*1-11(15-7-6-14(21)10-16(15)23-2)18-19-17(22)9-12-4-3-5-13(20)8-12;1-6(10)8-4-3-7(11)5-9(8)12-2;9-10-8(12)5-6-2-1-3-7(11)4-6/h2*3-8,10,20-21H,9H2,1-2H3,(H,19,22);3-5,11H,1-2H3;1-4,11H,5,9H2,(H,10,12)/b18-11+;18-11-;;. The van der Waals surface area contributed by atoms with Crippen LogP contribution in [0, 0.1) is 0 Å². The first-order valence-corrected chi connectivity index (χ1v) is 21.0. The summed E-state index contributed by atoms with van der Waals surface area (Å²) in [5.41, 5.74) is 12.0. The molecule has 368 valence electrons. The molecule has 0 unspecified atom stereocenters. The topological polar surface area (TPSA) is 304 Å². The number of ketones is 1. The van der Waals surface area contributed by atoms with Gasteiger partial charge in [0.2, 0.25) is 17.7 Å². The maximum absolute atomic E-state index is 11.9. The number of Topliss-reactive ketones (excluding diaryl/α,β-unsaturated/α-hetero) is 1. The van der Waals surface area contributed by atoms with Crippen molar-refractivity contribution in [2.24, 2.45) is 16.0 Å². The molecule has 19 nitrogen and oxygen atoms in total. The van der Waals surface area contributed by atoms with Crippen LogP contribution in [0.2, 0.25) is 0 Å². The molecule has 0 heterocycles. The highest BCUT2D eigenvalue weighted by atomic mass is 16.5. The minimum absolute atomic E-state index is 0.0770. The summed E-state index contributed by atoms with van der Waals surface area (Å²) in [5.74, 6) is 5.93. The van der Waals surface area contributed by atoms with E-state index in [0.29, 0.717) is 56.5 Å². The van der Waals surface area contributed by atoms with E-state index in [1.165, 1.54) is 88.9 Å². The zero-order valence-electron chi connectivity index (χ0n) is 39.3. The Morgan fingerprint density at radius 1 is 0.443 bits per heavy atom. The number of methoxy groups -OCH3 is 3. The number of rotatable bonds is 14. The van der Waals surface area contributed by atoms with Crippen LogP contribution in [0.15, 0.2) is 138 Å². The molecule has 0 saturated carbocycles. The molecule has 3 amide bonds. The van der Waals surface area contributed by atoms with Gasteiger partial charge in [-0.2, -0.15) is 10.2 Å². The maximum Gasteiger partial charge on any atom is 0.244 e. The highest BCUT2D eigenvalue weighted by Crippen LogP contribution is 2.26. The molecule has 0 aliphatic heterocycles. The van der Waals surface area contributed by atoms with Crippen molar-refractivity contribution in [2.75, 3.05) is 21.3 Å². The number of nitrogens with two attached hydrogens (primary N) is 1. The number of ether oxygens (including phenoxy) is 3. The third-order valence-corrected chi connectivity index (χ3v) is 9.40. The highest BCUT2D eigenvalue weighted by Gasteiger charge is 2.11. The Balaban J connectivity index is 0.000000258. The molecule has 0 aliphatic rings. The molecular weight excluding hydrogens is 905 g/mol. The summed E-state index contributed by atoms with van der Waals surface area (Å²) in [5, 5.41) is 63.8. The van der Waals surface area contributed by atoms with Gasteiger partial charge in [0, 0.05) is 29.3 Å². The lowest BCUT2D eigenvalue weighted by molar-refractivity contribution is -0.121. The Hall–Kier alpha value is -9.10. The average molecular weight is 961 g/mol. The van der Waals surface area contributed by atoms with Gasteiger partial charge in [-0.3, -0.25) is 24.6 Å². The van der Waals surface area contributed by atoms with E-state index in [4.69, 9.17) is 30.3 Å². The number of benzene rings is 6. The number of carbonyl (C=O) groups excluding carboxylic acids is 4. The van der Waals surface area contributed by atoms with Crippen LogP contribution in [0.1, 0.15) is 58.9 Å². The summed E-state index contributed by atoms with van der Waals surface area (Å²) in [4.78, 5) is 45.5. The molecule has 6 rings (SSSR count). The van der Waals surface area contributed by atoms with Crippen LogP contribution >= 0.6 is 0 Å². The van der Waals surface area contributed by atoms with Crippen LogP contribution in [-0.2, 0) is 33.6 Å². The number of hydrogen-bond donors (Lipinski definition) is 10. The molecule has 0 aromatic heterocycles. The van der Waals surface area contributed by atoms with Crippen LogP contribution in [-0.4, -0.2) is 86.9 Å². The van der Waals surface area contributed by atoms with Crippen molar-refractivity contribution in [2.45, 2.75) is 40.0 Å². The molecule has 0 radical (unpaired) electrons. The van der Waals surface area contributed by atoms with E-state index >= 15 is 0 Å². The zero-order chi connectivity index (χ0) is 51.8. The van der Waals surface area contributed by atoms with Gasteiger partial charge in [-0.25, -0.2) is 16.7 Å². The molecule has 0 spiro atoms. The second-order valence-electron chi connectivity index (χ2n) is 14.8. The van der Waals surface area contributed by atoms with Crippen molar-refractivity contribution in [3.63, 3.8) is 0 Å². The van der Waals surface area contributed by atoms with Crippen LogP contribution in [0.25, 0.3) is 0 Å². The smallest absolute Gasteiger partial charge is 0.244 e. The average Bonchev–Trinajstić information content (AvgIpc) is 3.32. The van der Waals surface area contributed by atoms with Gasteiger partial charge in [-0.1, -0.05) is 36.4 Å². The first kappa shape index (κ1) is 55.2. The fourth-order valence-electron chi connectivity index (χ4n) is 6.03. The highest BCUT2D eigenvalue weighted by molar-refractivity contribution is 6.02. The van der Waals surface area contributed by atoms with E-state index in [2.05, 4.69) is 21.1 Å². The molecule has 6 aromatic rings. The predicted molar refractivity (Wildman–Crippen MR) is 262 cm³/mol. The summed E-state index contributed by atoms with van der Waals surface area (Å²) in [7, 11) is 4.44. The normalized spacial score (nSPS) is 10.6. The molecule has 11 N–H and O–H groups in total. The second-order valence-corrected chi connectivity index (χ2v) is 14.8. The third kappa shape index (κ3) is 19.0. The fourth-order valence-corrected chi connectivity index (χ4v) is 6.03. The van der Waals surface area contributed by atoms with E-state index in [-0.39, 0.29) is 77.3 Å². The monoisotopic (exact) mass is 960 g/mol. The molecule has 19 heteroatoms.